The van der Waals surface area contributed by atoms with E-state index in [4.69, 9.17) is 4.74 Å². The number of ketones is 1. The van der Waals surface area contributed by atoms with E-state index >= 15 is 0 Å². The van der Waals surface area contributed by atoms with Gasteiger partial charge >= 0.3 is 5.97 Å². The summed E-state index contributed by atoms with van der Waals surface area (Å²) in [5.74, 6) is -0.493. The molecule has 6 nitrogen and oxygen atoms in total. The SMILES string of the molecule is CC(=O)Cc1ccccc1OC(=O)c1cccc([N+](=O)[O-])c1. The van der Waals surface area contributed by atoms with E-state index in [9.17, 15) is 19.7 Å². The minimum Gasteiger partial charge on any atom is -0.423 e. The predicted octanol–water partition coefficient (Wildman–Crippen LogP) is 2.95. The molecule has 6 heteroatoms. The second kappa shape index (κ2) is 6.62. The number of Topliss-reactive ketones (excluding diaryl/α,β-unsaturated/α-hetero) is 1. The second-order valence-electron chi connectivity index (χ2n) is 4.68. The highest BCUT2D eigenvalue weighted by atomic mass is 16.6. The van der Waals surface area contributed by atoms with Crippen LogP contribution < -0.4 is 4.74 Å². The lowest BCUT2D eigenvalue weighted by molar-refractivity contribution is -0.384. The summed E-state index contributed by atoms with van der Waals surface area (Å²) in [5.41, 5.74) is 0.479. The van der Waals surface area contributed by atoms with Crippen molar-refractivity contribution in [2.24, 2.45) is 0 Å². The van der Waals surface area contributed by atoms with Gasteiger partial charge in [0, 0.05) is 24.1 Å². The van der Waals surface area contributed by atoms with Crippen LogP contribution in [0.15, 0.2) is 48.5 Å². The van der Waals surface area contributed by atoms with Gasteiger partial charge in [0.2, 0.25) is 0 Å². The predicted molar refractivity (Wildman–Crippen MR) is 78.9 cm³/mol. The molecule has 0 atom stereocenters. The Labute approximate surface area is 126 Å². The Hall–Kier alpha value is -3.02. The summed E-state index contributed by atoms with van der Waals surface area (Å²) < 4.78 is 5.25. The number of para-hydroxylation sites is 1. The van der Waals surface area contributed by atoms with E-state index in [1.165, 1.54) is 25.1 Å². The van der Waals surface area contributed by atoms with Gasteiger partial charge in [0.15, 0.2) is 0 Å². The van der Waals surface area contributed by atoms with Gasteiger partial charge in [-0.2, -0.15) is 0 Å². The summed E-state index contributed by atoms with van der Waals surface area (Å²) in [6.07, 6.45) is 0.151. The molecule has 2 aromatic carbocycles. The molecule has 0 spiro atoms. The van der Waals surface area contributed by atoms with Gasteiger partial charge in [0.25, 0.3) is 5.69 Å². The van der Waals surface area contributed by atoms with Crippen LogP contribution in [0.1, 0.15) is 22.8 Å². The van der Waals surface area contributed by atoms with E-state index in [1.54, 1.807) is 24.3 Å². The third-order valence-electron chi connectivity index (χ3n) is 2.91. The molecular weight excluding hydrogens is 286 g/mol. The average molecular weight is 299 g/mol. The number of rotatable bonds is 5. The molecule has 0 aliphatic heterocycles. The molecule has 2 rings (SSSR count). The number of nitro benzene ring substituents is 1. The first-order chi connectivity index (χ1) is 10.5. The van der Waals surface area contributed by atoms with Crippen LogP contribution >= 0.6 is 0 Å². The highest BCUT2D eigenvalue weighted by Gasteiger charge is 2.15. The second-order valence-corrected chi connectivity index (χ2v) is 4.68. The van der Waals surface area contributed by atoms with Gasteiger partial charge in [-0.1, -0.05) is 24.3 Å². The molecular formula is C16H13NO5. The summed E-state index contributed by atoms with van der Waals surface area (Å²) in [6.45, 7) is 1.44. The number of hydrogen-bond donors (Lipinski definition) is 0. The van der Waals surface area contributed by atoms with E-state index in [-0.39, 0.29) is 29.2 Å². The molecule has 112 valence electrons. The van der Waals surface area contributed by atoms with E-state index in [0.29, 0.717) is 5.56 Å². The monoisotopic (exact) mass is 299 g/mol. The minimum absolute atomic E-state index is 0.0566. The first kappa shape index (κ1) is 15.4. The van der Waals surface area contributed by atoms with Crippen LogP contribution in [-0.2, 0) is 11.2 Å². The smallest absolute Gasteiger partial charge is 0.343 e. The van der Waals surface area contributed by atoms with Crippen LogP contribution in [0.2, 0.25) is 0 Å². The van der Waals surface area contributed by atoms with Crippen molar-refractivity contribution in [3.05, 3.63) is 69.8 Å². The first-order valence-corrected chi connectivity index (χ1v) is 6.51. The van der Waals surface area contributed by atoms with Crippen LogP contribution in [-0.4, -0.2) is 16.7 Å². The van der Waals surface area contributed by atoms with Crippen molar-refractivity contribution in [2.75, 3.05) is 0 Å². The lowest BCUT2D eigenvalue weighted by Crippen LogP contribution is -2.11. The van der Waals surface area contributed by atoms with E-state index < -0.39 is 10.9 Å². The Kier molecular flexibility index (Phi) is 4.63. The number of carbonyl (C=O) groups excluding carboxylic acids is 2. The maximum absolute atomic E-state index is 12.1. The number of non-ortho nitro benzene ring substituents is 1. The highest BCUT2D eigenvalue weighted by Crippen LogP contribution is 2.21. The molecule has 0 saturated heterocycles. The summed E-state index contributed by atoms with van der Waals surface area (Å²) >= 11 is 0. The lowest BCUT2D eigenvalue weighted by Gasteiger charge is -2.08. The summed E-state index contributed by atoms with van der Waals surface area (Å²) in [7, 11) is 0. The van der Waals surface area contributed by atoms with E-state index in [0.717, 1.165) is 6.07 Å². The van der Waals surface area contributed by atoms with Crippen LogP contribution in [0.4, 0.5) is 5.69 Å². The van der Waals surface area contributed by atoms with Crippen molar-refractivity contribution < 1.29 is 19.2 Å². The fourth-order valence-corrected chi connectivity index (χ4v) is 1.92. The van der Waals surface area contributed by atoms with Crippen molar-refractivity contribution in [3.8, 4) is 5.75 Å². The third-order valence-corrected chi connectivity index (χ3v) is 2.91. The largest absolute Gasteiger partial charge is 0.423 e. The summed E-state index contributed by atoms with van der Waals surface area (Å²) in [6, 6.07) is 12.0. The number of nitro groups is 1. The molecule has 0 N–H and O–H groups in total. The van der Waals surface area contributed by atoms with Crippen LogP contribution in [0.3, 0.4) is 0 Å². The normalized spacial score (nSPS) is 10.0. The van der Waals surface area contributed by atoms with Crippen molar-refractivity contribution >= 4 is 17.4 Å². The zero-order valence-electron chi connectivity index (χ0n) is 11.8. The molecule has 0 bridgehead atoms. The maximum Gasteiger partial charge on any atom is 0.343 e. The number of benzene rings is 2. The summed E-state index contributed by atoms with van der Waals surface area (Å²) in [4.78, 5) is 33.5. The minimum atomic E-state index is -0.709. The number of ether oxygens (including phenoxy) is 1. The fraction of sp³-hybridized carbons (Fsp3) is 0.125. The van der Waals surface area contributed by atoms with Crippen molar-refractivity contribution in [1.29, 1.82) is 0 Å². The number of carbonyl (C=O) groups is 2. The molecule has 0 fully saturated rings. The molecule has 0 unspecified atom stereocenters. The molecule has 0 amide bonds. The standard InChI is InChI=1S/C16H13NO5/c1-11(18)9-12-5-2-3-8-15(12)22-16(19)13-6-4-7-14(10-13)17(20)21/h2-8,10H,9H2,1H3. The van der Waals surface area contributed by atoms with Crippen molar-refractivity contribution in [1.82, 2.24) is 0 Å². The first-order valence-electron chi connectivity index (χ1n) is 6.51. The molecule has 0 aliphatic rings. The maximum atomic E-state index is 12.1. The van der Waals surface area contributed by atoms with Gasteiger partial charge in [-0.25, -0.2) is 4.79 Å². The Balaban J connectivity index is 2.24. The van der Waals surface area contributed by atoms with Crippen LogP contribution in [0.25, 0.3) is 0 Å². The fourth-order valence-electron chi connectivity index (χ4n) is 1.92. The average Bonchev–Trinajstić information content (AvgIpc) is 2.49. The number of hydrogen-bond acceptors (Lipinski definition) is 5. The van der Waals surface area contributed by atoms with E-state index in [1.807, 2.05) is 0 Å². The molecule has 0 aromatic heterocycles. The molecule has 0 saturated carbocycles. The van der Waals surface area contributed by atoms with E-state index in [2.05, 4.69) is 0 Å². The lowest BCUT2D eigenvalue weighted by atomic mass is 10.1. The Morgan fingerprint density at radius 1 is 1.14 bits per heavy atom. The topological polar surface area (TPSA) is 86.5 Å². The summed E-state index contributed by atoms with van der Waals surface area (Å²) in [5, 5.41) is 10.7. The molecule has 0 radical (unpaired) electrons. The molecule has 22 heavy (non-hydrogen) atoms. The zero-order chi connectivity index (χ0) is 16.1. The third kappa shape index (κ3) is 3.76. The zero-order valence-corrected chi connectivity index (χ0v) is 11.8. The Bertz CT molecular complexity index is 739. The molecule has 0 aliphatic carbocycles. The Morgan fingerprint density at radius 2 is 1.86 bits per heavy atom. The van der Waals surface area contributed by atoms with Gasteiger partial charge in [0.1, 0.15) is 11.5 Å². The van der Waals surface area contributed by atoms with Gasteiger partial charge in [0.05, 0.1) is 10.5 Å². The van der Waals surface area contributed by atoms with Crippen molar-refractivity contribution in [3.63, 3.8) is 0 Å². The van der Waals surface area contributed by atoms with Gasteiger partial charge in [-0.15, -0.1) is 0 Å². The quantitative estimate of drug-likeness (QED) is 0.366. The highest BCUT2D eigenvalue weighted by molar-refractivity contribution is 5.92. The molecule has 2 aromatic rings. The van der Waals surface area contributed by atoms with Crippen molar-refractivity contribution in [2.45, 2.75) is 13.3 Å². The number of nitrogens with zero attached hydrogens (tertiary/aromatic N) is 1. The van der Waals surface area contributed by atoms with Gasteiger partial charge in [-0.3, -0.25) is 14.9 Å². The van der Waals surface area contributed by atoms with Gasteiger partial charge in [-0.05, 0) is 19.1 Å². The Morgan fingerprint density at radius 3 is 2.55 bits per heavy atom. The van der Waals surface area contributed by atoms with Gasteiger partial charge < -0.3 is 4.74 Å². The molecule has 0 heterocycles. The number of esters is 1. The van der Waals surface area contributed by atoms with Crippen LogP contribution in [0, 0.1) is 10.1 Å². The van der Waals surface area contributed by atoms with Crippen LogP contribution in [0.5, 0.6) is 5.75 Å².